The molecule has 2 atom stereocenters. The van der Waals surface area contributed by atoms with E-state index in [2.05, 4.69) is 62.8 Å². The second-order valence-corrected chi connectivity index (χ2v) is 17.2. The average Bonchev–Trinajstić information content (AvgIpc) is 3.48. The quantitative estimate of drug-likeness (QED) is 0.0281. The minimum atomic E-state index is -1.02. The van der Waals surface area contributed by atoms with Crippen molar-refractivity contribution in [3.63, 3.8) is 0 Å². The van der Waals surface area contributed by atoms with Gasteiger partial charge in [-0.15, -0.1) is 0 Å². The van der Waals surface area contributed by atoms with E-state index in [0.717, 1.165) is 47.6 Å². The van der Waals surface area contributed by atoms with Gasteiger partial charge in [0, 0.05) is 41.9 Å². The molecule has 0 saturated carbocycles. The molecule has 0 amide bonds. The Kier molecular flexibility index (Phi) is 34.9. The van der Waals surface area contributed by atoms with Gasteiger partial charge in [-0.25, -0.2) is 33.6 Å². The van der Waals surface area contributed by atoms with E-state index in [1.165, 1.54) is 0 Å². The minimum Gasteiger partial charge on any atom is -0.490 e. The molecule has 0 aromatic heterocycles. The molecule has 21 heteroatoms. The van der Waals surface area contributed by atoms with Crippen LogP contribution in [0.25, 0.3) is 0 Å². The van der Waals surface area contributed by atoms with Gasteiger partial charge < -0.3 is 67.4 Å². The van der Waals surface area contributed by atoms with Crippen LogP contribution >= 0.6 is 0 Å². The number of aliphatic hydroxyl groups is 3. The molecular formula is C59H74O21. The Balaban J connectivity index is 0.000000607. The molecule has 436 valence electrons. The van der Waals surface area contributed by atoms with Crippen LogP contribution < -0.4 is 9.47 Å². The van der Waals surface area contributed by atoms with Crippen molar-refractivity contribution in [2.45, 2.75) is 50.9 Å². The zero-order chi connectivity index (χ0) is 59.8. The molecule has 0 heterocycles. The monoisotopic (exact) mass is 1120 g/mol. The summed E-state index contributed by atoms with van der Waals surface area (Å²) in [6.07, 6.45) is 3.68. The van der Waals surface area contributed by atoms with Gasteiger partial charge in [-0.3, -0.25) is 0 Å². The summed E-state index contributed by atoms with van der Waals surface area (Å²) in [5, 5.41) is 28.5. The molecule has 0 fully saturated rings. The van der Waals surface area contributed by atoms with Crippen LogP contribution in [0.2, 0.25) is 0 Å². The van der Waals surface area contributed by atoms with Crippen molar-refractivity contribution in [2.24, 2.45) is 5.41 Å². The molecule has 80 heavy (non-hydrogen) atoms. The van der Waals surface area contributed by atoms with Crippen molar-refractivity contribution in [3.05, 3.63) is 171 Å². The number of carbonyl (C=O) groups excluding carboxylic acids is 7. The van der Waals surface area contributed by atoms with E-state index in [1.54, 1.807) is 30.3 Å². The maximum atomic E-state index is 12.1. The highest BCUT2D eigenvalue weighted by molar-refractivity contribution is 5.89. The molecular weight excluding hydrogens is 1040 g/mol. The highest BCUT2D eigenvalue weighted by Crippen LogP contribution is 2.33. The van der Waals surface area contributed by atoms with Crippen LogP contribution in [0.5, 0.6) is 11.5 Å². The van der Waals surface area contributed by atoms with Gasteiger partial charge in [0.15, 0.2) is 0 Å². The predicted octanol–water partition coefficient (Wildman–Crippen LogP) is 5.49. The van der Waals surface area contributed by atoms with Crippen LogP contribution in [0, 0.1) is 5.41 Å². The zero-order valence-corrected chi connectivity index (χ0v) is 45.5. The van der Waals surface area contributed by atoms with Gasteiger partial charge in [0.2, 0.25) is 0 Å². The second-order valence-electron chi connectivity index (χ2n) is 17.2. The van der Waals surface area contributed by atoms with Gasteiger partial charge >= 0.3 is 41.8 Å². The number of benzene rings is 3. The van der Waals surface area contributed by atoms with E-state index >= 15 is 0 Å². The zero-order valence-electron chi connectivity index (χ0n) is 45.5. The van der Waals surface area contributed by atoms with E-state index < -0.39 is 65.5 Å². The first-order chi connectivity index (χ1) is 38.2. The molecule has 0 saturated heterocycles. The van der Waals surface area contributed by atoms with E-state index in [9.17, 15) is 48.9 Å². The largest absolute Gasteiger partial charge is 0.490 e. The number of carbonyl (C=O) groups is 7. The lowest BCUT2D eigenvalue weighted by molar-refractivity contribution is -0.151. The van der Waals surface area contributed by atoms with Gasteiger partial charge in [0.05, 0.1) is 37.4 Å². The maximum Gasteiger partial charge on any atom is 0.338 e. The standard InChI is InChI=1S/C25H28O6.C19H22O6.C15H24O9/c1-5-23(26)30-17-15-28-21-11-7-19(8-12-21)25(3,4)20-9-13-22(14-10-20)29-16-18-31-24(27)6-2;1-4-16(20)23-12-19(6-3,13-24-17(21)5-2)14-25-18(22)15-10-8-7-9-11-15;1-3-14(19)23-9-12(17)7-21-5-11(16)6-22-8-13(18)10-24-15(20)4-2/h5-14H,1-2,15-18H2,3-4H3;4-5,7-11H,1-2,6,12-14H2,3H3;3-4,11-13,16-18H,1-2,5-10H2. The lowest BCUT2D eigenvalue weighted by Gasteiger charge is -2.30. The summed E-state index contributed by atoms with van der Waals surface area (Å²) in [5.41, 5.74) is 1.57. The van der Waals surface area contributed by atoms with Gasteiger partial charge in [0.1, 0.15) is 89.3 Å². The third-order valence-corrected chi connectivity index (χ3v) is 10.7. The first-order valence-corrected chi connectivity index (χ1v) is 24.8. The Morgan fingerprint density at radius 2 is 0.762 bits per heavy atom. The summed E-state index contributed by atoms with van der Waals surface area (Å²) >= 11 is 0. The van der Waals surface area contributed by atoms with Crippen molar-refractivity contribution in [2.75, 3.05) is 85.9 Å². The van der Waals surface area contributed by atoms with Gasteiger partial charge in [-0.2, -0.15) is 0 Å². The predicted molar refractivity (Wildman–Crippen MR) is 292 cm³/mol. The van der Waals surface area contributed by atoms with Crippen molar-refractivity contribution in [1.29, 1.82) is 0 Å². The molecule has 2 unspecified atom stereocenters. The lowest BCUT2D eigenvalue weighted by Crippen LogP contribution is -2.38. The van der Waals surface area contributed by atoms with Gasteiger partial charge in [-0.1, -0.05) is 103 Å². The van der Waals surface area contributed by atoms with Gasteiger partial charge in [0.25, 0.3) is 0 Å². The van der Waals surface area contributed by atoms with Gasteiger partial charge in [-0.05, 0) is 53.9 Å². The topological polar surface area (TPSA) is 282 Å². The number of ether oxygens (including phenoxy) is 11. The molecule has 0 aliphatic carbocycles. The van der Waals surface area contributed by atoms with Crippen LogP contribution in [0.1, 0.15) is 48.7 Å². The SMILES string of the molecule is C=CC(=O)OCC(CC)(COC(=O)C=C)COC(=O)c1ccccc1.C=CC(=O)OCC(O)COCC(O)COCC(O)COC(=O)C=C.C=CC(=O)OCCOc1ccc(C(C)(C)c2ccc(OCCOC(=O)C=C)cc2)cc1. The highest BCUT2D eigenvalue weighted by Gasteiger charge is 2.34. The molecule has 3 aromatic rings. The Morgan fingerprint density at radius 3 is 1.11 bits per heavy atom. The maximum absolute atomic E-state index is 12.1. The molecule has 3 rings (SSSR count). The van der Waals surface area contributed by atoms with E-state index in [0.29, 0.717) is 23.5 Å². The fraction of sp³-hybridized carbons (Fsp3) is 0.373. The van der Waals surface area contributed by atoms with E-state index in [4.69, 9.17) is 42.6 Å². The number of rotatable bonds is 36. The third-order valence-electron chi connectivity index (χ3n) is 10.7. The Hall–Kier alpha value is -8.21. The molecule has 21 nitrogen and oxygen atoms in total. The number of hydrogen-bond acceptors (Lipinski definition) is 21. The smallest absolute Gasteiger partial charge is 0.338 e. The van der Waals surface area contributed by atoms with Crippen molar-refractivity contribution in [3.8, 4) is 11.5 Å². The Morgan fingerprint density at radius 1 is 0.438 bits per heavy atom. The number of hydrogen-bond donors (Lipinski definition) is 3. The average molecular weight is 1120 g/mol. The molecule has 3 N–H and O–H groups in total. The second kappa shape index (κ2) is 40.0. The van der Waals surface area contributed by atoms with Crippen LogP contribution in [-0.2, 0) is 76.8 Å². The fourth-order valence-electron chi connectivity index (χ4n) is 6.00. The summed E-state index contributed by atoms with van der Waals surface area (Å²) in [7, 11) is 0. The highest BCUT2D eigenvalue weighted by atomic mass is 16.6. The first-order valence-electron chi connectivity index (χ1n) is 24.8. The normalized spacial score (nSPS) is 11.7. The van der Waals surface area contributed by atoms with Crippen molar-refractivity contribution < 1.29 is 101 Å². The molecule has 3 aromatic carbocycles. The Labute approximate surface area is 466 Å². The first kappa shape index (κ1) is 69.8. The van der Waals surface area contributed by atoms with E-state index in [-0.39, 0.29) is 91.3 Å². The number of aliphatic hydroxyl groups excluding tert-OH is 3. The molecule has 0 spiro atoms. The summed E-state index contributed by atoms with van der Waals surface area (Å²) in [5.74, 6) is -2.56. The molecule has 0 bridgehead atoms. The lowest BCUT2D eigenvalue weighted by atomic mass is 9.78. The summed E-state index contributed by atoms with van der Waals surface area (Å²) in [6.45, 7) is 25.5. The van der Waals surface area contributed by atoms with Crippen molar-refractivity contribution >= 4 is 41.8 Å². The fourth-order valence-corrected chi connectivity index (χ4v) is 6.00. The Bertz CT molecular complexity index is 2280. The summed E-state index contributed by atoms with van der Waals surface area (Å²) in [4.78, 5) is 78.4. The van der Waals surface area contributed by atoms with Crippen molar-refractivity contribution in [1.82, 2.24) is 0 Å². The van der Waals surface area contributed by atoms with Crippen LogP contribution in [-0.4, -0.2) is 161 Å². The van der Waals surface area contributed by atoms with Crippen LogP contribution in [0.4, 0.5) is 0 Å². The van der Waals surface area contributed by atoms with Crippen LogP contribution in [0.3, 0.4) is 0 Å². The number of esters is 7. The molecule has 0 radical (unpaired) electrons. The molecule has 0 aliphatic rings. The summed E-state index contributed by atoms with van der Waals surface area (Å²) in [6, 6.07) is 24.2. The third kappa shape index (κ3) is 30.1. The van der Waals surface area contributed by atoms with Crippen LogP contribution in [0.15, 0.2) is 155 Å². The van der Waals surface area contributed by atoms with E-state index in [1.807, 2.05) is 55.5 Å². The summed E-state index contributed by atoms with van der Waals surface area (Å²) < 4.78 is 55.8. The minimum absolute atomic E-state index is 0.0773. The molecule has 0 aliphatic heterocycles.